The van der Waals surface area contributed by atoms with Gasteiger partial charge in [-0.15, -0.1) is 0 Å². The SMILES string of the molecule is CCCNCc1cn(CCCCOC(C)C)cn1. The normalized spacial score (nSPS) is 11.3. The molecule has 0 radical (unpaired) electrons. The van der Waals surface area contributed by atoms with Crippen LogP contribution in [0.1, 0.15) is 45.7 Å². The summed E-state index contributed by atoms with van der Waals surface area (Å²) in [4.78, 5) is 4.38. The van der Waals surface area contributed by atoms with Gasteiger partial charge in [0.25, 0.3) is 0 Å². The van der Waals surface area contributed by atoms with Crippen LogP contribution in [0.2, 0.25) is 0 Å². The number of ether oxygens (including phenoxy) is 1. The standard InChI is InChI=1S/C14H27N3O/c1-4-7-15-10-14-11-17(12-16-14)8-5-6-9-18-13(2)3/h11-13,15H,4-10H2,1-3H3. The van der Waals surface area contributed by atoms with Crippen molar-refractivity contribution >= 4 is 0 Å². The topological polar surface area (TPSA) is 39.1 Å². The van der Waals surface area contributed by atoms with E-state index in [1.807, 2.05) is 6.33 Å². The zero-order chi connectivity index (χ0) is 13.2. The third-order valence-electron chi connectivity index (χ3n) is 2.68. The maximum atomic E-state index is 5.52. The minimum Gasteiger partial charge on any atom is -0.379 e. The van der Waals surface area contributed by atoms with Crippen LogP contribution in [0.25, 0.3) is 0 Å². The van der Waals surface area contributed by atoms with Crippen LogP contribution in [0.15, 0.2) is 12.5 Å². The number of imidazole rings is 1. The minimum atomic E-state index is 0.342. The second kappa shape index (κ2) is 9.11. The van der Waals surface area contributed by atoms with E-state index < -0.39 is 0 Å². The lowest BCUT2D eigenvalue weighted by atomic mass is 10.3. The molecule has 0 spiro atoms. The molecule has 0 aromatic carbocycles. The molecule has 0 aliphatic rings. The first-order valence-electron chi connectivity index (χ1n) is 7.05. The van der Waals surface area contributed by atoms with E-state index in [1.165, 1.54) is 0 Å². The van der Waals surface area contributed by atoms with Crippen LogP contribution >= 0.6 is 0 Å². The van der Waals surface area contributed by atoms with Gasteiger partial charge in [0, 0.05) is 25.9 Å². The first kappa shape index (κ1) is 15.2. The Labute approximate surface area is 111 Å². The van der Waals surface area contributed by atoms with Crippen LogP contribution in [0, 0.1) is 0 Å². The summed E-state index contributed by atoms with van der Waals surface area (Å²) in [5, 5.41) is 3.36. The molecule has 0 unspecified atom stereocenters. The summed E-state index contributed by atoms with van der Waals surface area (Å²) >= 11 is 0. The maximum absolute atomic E-state index is 5.52. The van der Waals surface area contributed by atoms with E-state index in [0.29, 0.717) is 6.10 Å². The molecule has 4 heteroatoms. The van der Waals surface area contributed by atoms with E-state index in [9.17, 15) is 0 Å². The molecule has 1 rings (SSSR count). The van der Waals surface area contributed by atoms with E-state index in [1.54, 1.807) is 0 Å². The van der Waals surface area contributed by atoms with Crippen LogP contribution in [0.5, 0.6) is 0 Å². The van der Waals surface area contributed by atoms with Gasteiger partial charge in [-0.05, 0) is 39.7 Å². The molecule has 18 heavy (non-hydrogen) atoms. The van der Waals surface area contributed by atoms with Crippen LogP contribution in [0.4, 0.5) is 0 Å². The number of hydrogen-bond acceptors (Lipinski definition) is 3. The van der Waals surface area contributed by atoms with Gasteiger partial charge in [0.15, 0.2) is 0 Å². The Balaban J connectivity index is 2.11. The number of nitrogens with one attached hydrogen (secondary N) is 1. The van der Waals surface area contributed by atoms with Crippen LogP contribution in [0.3, 0.4) is 0 Å². The molecule has 0 aliphatic heterocycles. The zero-order valence-electron chi connectivity index (χ0n) is 12.0. The Morgan fingerprint density at radius 1 is 1.39 bits per heavy atom. The molecule has 1 aromatic rings. The summed E-state index contributed by atoms with van der Waals surface area (Å²) in [7, 11) is 0. The van der Waals surface area contributed by atoms with Gasteiger partial charge in [0.2, 0.25) is 0 Å². The minimum absolute atomic E-state index is 0.342. The van der Waals surface area contributed by atoms with E-state index in [4.69, 9.17) is 4.74 Å². The number of aryl methyl sites for hydroxylation is 1. The van der Waals surface area contributed by atoms with Gasteiger partial charge < -0.3 is 14.6 Å². The lowest BCUT2D eigenvalue weighted by Gasteiger charge is -2.07. The summed E-state index contributed by atoms with van der Waals surface area (Å²) in [6, 6.07) is 0. The lowest BCUT2D eigenvalue weighted by Crippen LogP contribution is -2.13. The smallest absolute Gasteiger partial charge is 0.0949 e. The predicted octanol–water partition coefficient (Wildman–Crippen LogP) is 2.59. The lowest BCUT2D eigenvalue weighted by molar-refractivity contribution is 0.0754. The molecule has 1 aromatic heterocycles. The van der Waals surface area contributed by atoms with Crippen molar-refractivity contribution in [3.05, 3.63) is 18.2 Å². The summed E-state index contributed by atoms with van der Waals surface area (Å²) in [6.45, 7) is 10.1. The number of hydrogen-bond donors (Lipinski definition) is 1. The first-order chi connectivity index (χ1) is 8.72. The second-order valence-corrected chi connectivity index (χ2v) is 4.91. The summed E-state index contributed by atoms with van der Waals surface area (Å²) in [6.07, 6.45) is 7.81. The third kappa shape index (κ3) is 6.77. The molecule has 1 heterocycles. The first-order valence-corrected chi connectivity index (χ1v) is 7.05. The number of rotatable bonds is 10. The molecule has 0 saturated heterocycles. The van der Waals surface area contributed by atoms with Crippen molar-refractivity contribution < 1.29 is 4.74 Å². The van der Waals surface area contributed by atoms with Crippen molar-refractivity contribution in [1.82, 2.24) is 14.9 Å². The molecule has 0 atom stereocenters. The molecular formula is C14H27N3O. The van der Waals surface area contributed by atoms with Gasteiger partial charge in [-0.25, -0.2) is 4.98 Å². The van der Waals surface area contributed by atoms with Gasteiger partial charge in [-0.2, -0.15) is 0 Å². The Bertz CT molecular complexity index is 310. The van der Waals surface area contributed by atoms with Crippen molar-refractivity contribution in [2.24, 2.45) is 0 Å². The third-order valence-corrected chi connectivity index (χ3v) is 2.68. The Kier molecular flexibility index (Phi) is 7.69. The van der Waals surface area contributed by atoms with E-state index >= 15 is 0 Å². The summed E-state index contributed by atoms with van der Waals surface area (Å²) in [5.74, 6) is 0. The number of unbranched alkanes of at least 4 members (excludes halogenated alkanes) is 1. The van der Waals surface area contributed by atoms with Gasteiger partial charge >= 0.3 is 0 Å². The van der Waals surface area contributed by atoms with E-state index in [2.05, 4.69) is 41.8 Å². The molecule has 1 N–H and O–H groups in total. The van der Waals surface area contributed by atoms with Gasteiger partial charge in [0.1, 0.15) is 0 Å². The Hall–Kier alpha value is -0.870. The Morgan fingerprint density at radius 3 is 2.94 bits per heavy atom. The predicted molar refractivity (Wildman–Crippen MR) is 74.5 cm³/mol. The quantitative estimate of drug-likeness (QED) is 0.651. The number of aromatic nitrogens is 2. The molecule has 0 fully saturated rings. The molecule has 4 nitrogen and oxygen atoms in total. The maximum Gasteiger partial charge on any atom is 0.0949 e. The summed E-state index contributed by atoms with van der Waals surface area (Å²) in [5.41, 5.74) is 1.13. The Morgan fingerprint density at radius 2 is 2.22 bits per heavy atom. The average molecular weight is 253 g/mol. The van der Waals surface area contributed by atoms with E-state index in [-0.39, 0.29) is 0 Å². The monoisotopic (exact) mass is 253 g/mol. The van der Waals surface area contributed by atoms with Crippen LogP contribution in [-0.2, 0) is 17.8 Å². The fourth-order valence-corrected chi connectivity index (χ4v) is 1.73. The highest BCUT2D eigenvalue weighted by atomic mass is 16.5. The van der Waals surface area contributed by atoms with Gasteiger partial charge in [0.05, 0.1) is 18.1 Å². The number of nitrogens with zero attached hydrogens (tertiary/aromatic N) is 2. The van der Waals surface area contributed by atoms with Crippen molar-refractivity contribution in [1.29, 1.82) is 0 Å². The van der Waals surface area contributed by atoms with Crippen LogP contribution < -0.4 is 5.32 Å². The van der Waals surface area contributed by atoms with Crippen molar-refractivity contribution in [3.8, 4) is 0 Å². The summed E-state index contributed by atoms with van der Waals surface area (Å²) < 4.78 is 7.68. The molecule has 104 valence electrons. The highest BCUT2D eigenvalue weighted by Gasteiger charge is 1.99. The molecular weight excluding hydrogens is 226 g/mol. The second-order valence-electron chi connectivity index (χ2n) is 4.91. The highest BCUT2D eigenvalue weighted by Crippen LogP contribution is 2.01. The van der Waals surface area contributed by atoms with Gasteiger partial charge in [-0.1, -0.05) is 6.92 Å². The zero-order valence-corrected chi connectivity index (χ0v) is 12.0. The average Bonchev–Trinajstić information content (AvgIpc) is 2.77. The van der Waals surface area contributed by atoms with Crippen molar-refractivity contribution in [2.75, 3.05) is 13.2 Å². The van der Waals surface area contributed by atoms with Crippen molar-refractivity contribution in [2.45, 2.75) is 59.2 Å². The largest absolute Gasteiger partial charge is 0.379 e. The van der Waals surface area contributed by atoms with Gasteiger partial charge in [-0.3, -0.25) is 0 Å². The highest BCUT2D eigenvalue weighted by molar-refractivity contribution is 4.95. The molecule has 0 aliphatic carbocycles. The van der Waals surface area contributed by atoms with E-state index in [0.717, 1.165) is 51.2 Å². The molecule has 0 saturated carbocycles. The fraction of sp³-hybridized carbons (Fsp3) is 0.786. The molecule has 0 amide bonds. The van der Waals surface area contributed by atoms with Crippen molar-refractivity contribution in [3.63, 3.8) is 0 Å². The van der Waals surface area contributed by atoms with Crippen LogP contribution in [-0.4, -0.2) is 28.8 Å². The molecule has 0 bridgehead atoms. The fourth-order valence-electron chi connectivity index (χ4n) is 1.73.